The first-order valence-electron chi connectivity index (χ1n) is 6.73. The highest BCUT2D eigenvalue weighted by atomic mass is 16.5. The molecule has 1 aromatic rings. The number of carbonyl (C=O) groups excluding carboxylic acids is 1. The molecule has 0 aliphatic rings. The molecular weight excluding hydrogens is 224 g/mol. The van der Waals surface area contributed by atoms with Gasteiger partial charge >= 0.3 is 5.97 Å². The first-order valence-corrected chi connectivity index (χ1v) is 6.73. The van der Waals surface area contributed by atoms with E-state index in [1.54, 1.807) is 0 Å². The van der Waals surface area contributed by atoms with E-state index in [2.05, 4.69) is 52.0 Å². The zero-order valence-corrected chi connectivity index (χ0v) is 12.1. The van der Waals surface area contributed by atoms with Gasteiger partial charge in [0.15, 0.2) is 0 Å². The molecule has 0 saturated carbocycles. The molecule has 2 nitrogen and oxygen atoms in total. The Morgan fingerprint density at radius 1 is 1.06 bits per heavy atom. The molecule has 0 aromatic heterocycles. The molecule has 0 N–H and O–H groups in total. The molecule has 1 atom stereocenters. The second-order valence-electron chi connectivity index (χ2n) is 5.30. The van der Waals surface area contributed by atoms with Gasteiger partial charge in [-0.25, -0.2) is 0 Å². The van der Waals surface area contributed by atoms with Crippen molar-refractivity contribution in [3.63, 3.8) is 0 Å². The Morgan fingerprint density at radius 2 is 1.56 bits per heavy atom. The average molecular weight is 248 g/mol. The molecule has 0 heterocycles. The molecule has 1 rings (SSSR count). The minimum absolute atomic E-state index is 0.121. The minimum Gasteiger partial charge on any atom is -0.466 e. The summed E-state index contributed by atoms with van der Waals surface area (Å²) in [6.07, 6.45) is 0. The van der Waals surface area contributed by atoms with E-state index in [-0.39, 0.29) is 17.8 Å². The standard InChI is InChI=1S/C16H24O2/c1-6-18-16(17)15(12(4)5)14-9-7-13(8-10-14)11(2)3/h7-12,15H,6H2,1-5H3. The summed E-state index contributed by atoms with van der Waals surface area (Å²) in [5, 5.41) is 0. The van der Waals surface area contributed by atoms with Crippen molar-refractivity contribution in [2.24, 2.45) is 5.92 Å². The SMILES string of the molecule is CCOC(=O)C(c1ccc(C(C)C)cc1)C(C)C. The molecular formula is C16H24O2. The summed E-state index contributed by atoms with van der Waals surface area (Å²) >= 11 is 0. The van der Waals surface area contributed by atoms with Crippen LogP contribution in [0.5, 0.6) is 0 Å². The van der Waals surface area contributed by atoms with Crippen LogP contribution in [0.3, 0.4) is 0 Å². The molecule has 18 heavy (non-hydrogen) atoms. The summed E-state index contributed by atoms with van der Waals surface area (Å²) in [4.78, 5) is 12.0. The maximum Gasteiger partial charge on any atom is 0.313 e. The molecule has 0 radical (unpaired) electrons. The second kappa shape index (κ2) is 6.58. The summed E-state index contributed by atoms with van der Waals surface area (Å²) in [5.74, 6) is 0.476. The maximum absolute atomic E-state index is 12.0. The molecule has 1 aromatic carbocycles. The van der Waals surface area contributed by atoms with E-state index in [0.29, 0.717) is 12.5 Å². The smallest absolute Gasteiger partial charge is 0.313 e. The highest BCUT2D eigenvalue weighted by Gasteiger charge is 2.25. The third-order valence-electron chi connectivity index (χ3n) is 3.17. The first-order chi connectivity index (χ1) is 8.47. The van der Waals surface area contributed by atoms with E-state index in [0.717, 1.165) is 5.56 Å². The number of carbonyl (C=O) groups is 1. The van der Waals surface area contributed by atoms with Crippen molar-refractivity contribution in [3.05, 3.63) is 35.4 Å². The molecule has 0 amide bonds. The van der Waals surface area contributed by atoms with Crippen LogP contribution in [0.1, 0.15) is 57.6 Å². The Morgan fingerprint density at radius 3 is 1.94 bits per heavy atom. The van der Waals surface area contributed by atoms with E-state index < -0.39 is 0 Å². The Kier molecular flexibility index (Phi) is 5.39. The van der Waals surface area contributed by atoms with Crippen molar-refractivity contribution in [2.75, 3.05) is 6.61 Å². The van der Waals surface area contributed by atoms with E-state index in [4.69, 9.17) is 4.74 Å². The van der Waals surface area contributed by atoms with E-state index in [1.165, 1.54) is 5.56 Å². The largest absolute Gasteiger partial charge is 0.466 e. The van der Waals surface area contributed by atoms with Crippen molar-refractivity contribution < 1.29 is 9.53 Å². The second-order valence-corrected chi connectivity index (χ2v) is 5.30. The lowest BCUT2D eigenvalue weighted by atomic mass is 9.87. The number of hydrogen-bond donors (Lipinski definition) is 0. The van der Waals surface area contributed by atoms with Gasteiger partial charge in [-0.3, -0.25) is 4.79 Å². The van der Waals surface area contributed by atoms with Crippen LogP contribution < -0.4 is 0 Å². The average Bonchev–Trinajstić information content (AvgIpc) is 2.29. The first kappa shape index (κ1) is 14.7. The molecule has 0 fully saturated rings. The third kappa shape index (κ3) is 3.59. The molecule has 0 spiro atoms. The number of ether oxygens (including phenoxy) is 1. The molecule has 2 heteroatoms. The van der Waals surface area contributed by atoms with Gasteiger partial charge in [-0.05, 0) is 29.9 Å². The van der Waals surface area contributed by atoms with Gasteiger partial charge in [0.25, 0.3) is 0 Å². The minimum atomic E-state index is -0.161. The number of rotatable bonds is 5. The van der Waals surface area contributed by atoms with Gasteiger partial charge in [0, 0.05) is 0 Å². The van der Waals surface area contributed by atoms with Crippen molar-refractivity contribution in [1.29, 1.82) is 0 Å². The predicted octanol–water partition coefficient (Wildman–Crippen LogP) is 4.11. The number of esters is 1. The highest BCUT2D eigenvalue weighted by molar-refractivity contribution is 5.78. The van der Waals surface area contributed by atoms with Gasteiger partial charge in [0.05, 0.1) is 12.5 Å². The summed E-state index contributed by atoms with van der Waals surface area (Å²) in [5.41, 5.74) is 2.35. The van der Waals surface area contributed by atoms with Crippen molar-refractivity contribution >= 4 is 5.97 Å². The van der Waals surface area contributed by atoms with Crippen LogP contribution in [0, 0.1) is 5.92 Å². The quantitative estimate of drug-likeness (QED) is 0.733. The highest BCUT2D eigenvalue weighted by Crippen LogP contribution is 2.27. The predicted molar refractivity (Wildman–Crippen MR) is 74.7 cm³/mol. The zero-order chi connectivity index (χ0) is 13.7. The van der Waals surface area contributed by atoms with E-state index >= 15 is 0 Å². The van der Waals surface area contributed by atoms with E-state index in [9.17, 15) is 4.79 Å². The van der Waals surface area contributed by atoms with Crippen LogP contribution in [-0.4, -0.2) is 12.6 Å². The number of benzene rings is 1. The molecule has 100 valence electrons. The fraction of sp³-hybridized carbons (Fsp3) is 0.562. The summed E-state index contributed by atoms with van der Waals surface area (Å²) < 4.78 is 5.16. The lowest BCUT2D eigenvalue weighted by Gasteiger charge is -2.20. The maximum atomic E-state index is 12.0. The monoisotopic (exact) mass is 248 g/mol. The van der Waals surface area contributed by atoms with Gasteiger partial charge in [-0.2, -0.15) is 0 Å². The normalized spacial score (nSPS) is 12.8. The fourth-order valence-corrected chi connectivity index (χ4v) is 2.11. The Labute approximate surface area is 110 Å². The van der Waals surface area contributed by atoms with Crippen molar-refractivity contribution in [1.82, 2.24) is 0 Å². The Balaban J connectivity index is 2.96. The van der Waals surface area contributed by atoms with Crippen molar-refractivity contribution in [2.45, 2.75) is 46.5 Å². The third-order valence-corrected chi connectivity index (χ3v) is 3.17. The van der Waals surface area contributed by atoms with Crippen LogP contribution in [0.25, 0.3) is 0 Å². The lowest BCUT2D eigenvalue weighted by molar-refractivity contribution is -0.146. The molecule has 0 aliphatic heterocycles. The van der Waals surface area contributed by atoms with Crippen molar-refractivity contribution in [3.8, 4) is 0 Å². The molecule has 0 saturated heterocycles. The van der Waals surface area contributed by atoms with Crippen LogP contribution in [0.2, 0.25) is 0 Å². The van der Waals surface area contributed by atoms with Gasteiger partial charge < -0.3 is 4.74 Å². The van der Waals surface area contributed by atoms with Crippen LogP contribution in [0.15, 0.2) is 24.3 Å². The van der Waals surface area contributed by atoms with Crippen LogP contribution in [-0.2, 0) is 9.53 Å². The van der Waals surface area contributed by atoms with Crippen LogP contribution >= 0.6 is 0 Å². The summed E-state index contributed by atoms with van der Waals surface area (Å²) in [6, 6.07) is 8.32. The Bertz CT molecular complexity index is 377. The lowest BCUT2D eigenvalue weighted by Crippen LogP contribution is -2.20. The molecule has 0 bridgehead atoms. The number of hydrogen-bond acceptors (Lipinski definition) is 2. The Hall–Kier alpha value is -1.31. The van der Waals surface area contributed by atoms with Crippen LogP contribution in [0.4, 0.5) is 0 Å². The van der Waals surface area contributed by atoms with Gasteiger partial charge in [-0.1, -0.05) is 52.0 Å². The fourth-order valence-electron chi connectivity index (χ4n) is 2.11. The van der Waals surface area contributed by atoms with Gasteiger partial charge in [0.2, 0.25) is 0 Å². The molecule has 0 aliphatic carbocycles. The van der Waals surface area contributed by atoms with E-state index in [1.807, 2.05) is 6.92 Å². The summed E-state index contributed by atoms with van der Waals surface area (Å²) in [6.45, 7) is 10.7. The zero-order valence-electron chi connectivity index (χ0n) is 12.1. The topological polar surface area (TPSA) is 26.3 Å². The van der Waals surface area contributed by atoms with Gasteiger partial charge in [-0.15, -0.1) is 0 Å². The molecule has 1 unspecified atom stereocenters. The van der Waals surface area contributed by atoms with Gasteiger partial charge in [0.1, 0.15) is 0 Å². The summed E-state index contributed by atoms with van der Waals surface area (Å²) in [7, 11) is 0.